The number of hydrogen-bond acceptors (Lipinski definition) is 1. The van der Waals surface area contributed by atoms with Gasteiger partial charge in [0.25, 0.3) is 0 Å². The summed E-state index contributed by atoms with van der Waals surface area (Å²) in [6.45, 7) is 1.89. The van der Waals surface area contributed by atoms with Crippen LogP contribution in [0.5, 0.6) is 0 Å². The second-order valence-corrected chi connectivity index (χ2v) is 0.890. The standard InChI is InChI=1S/C4H8BN/c1-2-6-4-3-5/h2-4H,5H2,1H3/b4-3-,6-2-. The molecule has 0 saturated carbocycles. The van der Waals surface area contributed by atoms with Crippen LogP contribution in [0.15, 0.2) is 17.2 Å². The molecule has 0 amide bonds. The molecule has 0 N–H and O–H groups in total. The van der Waals surface area contributed by atoms with Crippen molar-refractivity contribution < 1.29 is 0 Å². The van der Waals surface area contributed by atoms with E-state index in [9.17, 15) is 0 Å². The van der Waals surface area contributed by atoms with E-state index in [2.05, 4.69) is 4.99 Å². The average Bonchev–Trinajstić information content (AvgIpc) is 1.61. The summed E-state index contributed by atoms with van der Waals surface area (Å²) < 4.78 is 0. The maximum Gasteiger partial charge on any atom is 0.131 e. The maximum atomic E-state index is 3.78. The highest BCUT2D eigenvalue weighted by molar-refractivity contribution is 6.16. The minimum atomic E-state index is 1.75. The van der Waals surface area contributed by atoms with Gasteiger partial charge >= 0.3 is 0 Å². The van der Waals surface area contributed by atoms with Gasteiger partial charge in [0, 0.05) is 12.4 Å². The van der Waals surface area contributed by atoms with Crippen molar-refractivity contribution in [1.29, 1.82) is 0 Å². The quantitative estimate of drug-likeness (QED) is 0.315. The molecule has 0 saturated heterocycles. The predicted octanol–water partition coefficient (Wildman–Crippen LogP) is 0.181. The third-order valence-corrected chi connectivity index (χ3v) is 0.384. The van der Waals surface area contributed by atoms with E-state index in [-0.39, 0.29) is 0 Å². The topological polar surface area (TPSA) is 12.4 Å². The van der Waals surface area contributed by atoms with Gasteiger partial charge in [-0.25, -0.2) is 0 Å². The molecule has 0 atom stereocenters. The highest BCUT2D eigenvalue weighted by Gasteiger charge is 1.48. The lowest BCUT2D eigenvalue weighted by molar-refractivity contribution is 1.60. The van der Waals surface area contributed by atoms with Gasteiger partial charge in [-0.2, -0.15) is 0 Å². The van der Waals surface area contributed by atoms with Crippen LogP contribution in [-0.2, 0) is 0 Å². The molecule has 0 aliphatic rings. The molecular formula is C4H8BN. The molecule has 0 aromatic carbocycles. The number of hydrogen-bond donors (Lipinski definition) is 0. The van der Waals surface area contributed by atoms with Gasteiger partial charge in [0.1, 0.15) is 7.85 Å². The molecule has 1 nitrogen and oxygen atoms in total. The van der Waals surface area contributed by atoms with E-state index in [4.69, 9.17) is 0 Å². The highest BCUT2D eigenvalue weighted by atomic mass is 14.6. The van der Waals surface area contributed by atoms with Crippen LogP contribution in [0.4, 0.5) is 0 Å². The number of aliphatic imine (C=N–C) groups is 1. The van der Waals surface area contributed by atoms with Crippen LogP contribution in [0.3, 0.4) is 0 Å². The first kappa shape index (κ1) is 5.47. The second kappa shape index (κ2) is 4.47. The van der Waals surface area contributed by atoms with Crippen LogP contribution in [-0.4, -0.2) is 14.1 Å². The zero-order valence-electron chi connectivity index (χ0n) is 4.18. The summed E-state index contributed by atoms with van der Waals surface area (Å²) in [6, 6.07) is 0. The van der Waals surface area contributed by atoms with Gasteiger partial charge < -0.3 is 0 Å². The fourth-order valence-electron chi connectivity index (χ4n) is 0.172. The Morgan fingerprint density at radius 3 is 2.50 bits per heavy atom. The fraction of sp³-hybridized carbons (Fsp3) is 0.250. The maximum absolute atomic E-state index is 3.78. The van der Waals surface area contributed by atoms with Crippen LogP contribution in [0.1, 0.15) is 6.92 Å². The minimum absolute atomic E-state index is 1.75. The van der Waals surface area contributed by atoms with E-state index in [1.165, 1.54) is 0 Å². The molecular weight excluding hydrogens is 72.9 g/mol. The minimum Gasteiger partial charge on any atom is -0.271 e. The first-order valence-corrected chi connectivity index (χ1v) is 2.00. The Bertz CT molecular complexity index is 55.9. The summed E-state index contributed by atoms with van der Waals surface area (Å²) in [6.07, 6.45) is 3.50. The summed E-state index contributed by atoms with van der Waals surface area (Å²) in [5.74, 6) is 1.89. The molecule has 0 fully saturated rings. The predicted molar refractivity (Wildman–Crippen MR) is 31.8 cm³/mol. The smallest absolute Gasteiger partial charge is 0.131 e. The van der Waals surface area contributed by atoms with Crippen molar-refractivity contribution in [3.05, 3.63) is 12.2 Å². The Morgan fingerprint density at radius 1 is 1.67 bits per heavy atom. The van der Waals surface area contributed by atoms with Crippen molar-refractivity contribution in [3.8, 4) is 0 Å². The fourth-order valence-corrected chi connectivity index (χ4v) is 0.172. The Labute approximate surface area is 39.2 Å². The van der Waals surface area contributed by atoms with E-state index >= 15 is 0 Å². The summed E-state index contributed by atoms with van der Waals surface area (Å²) in [4.78, 5) is 3.78. The van der Waals surface area contributed by atoms with Crippen LogP contribution >= 0.6 is 0 Å². The monoisotopic (exact) mass is 81.1 g/mol. The molecule has 6 heavy (non-hydrogen) atoms. The Kier molecular flexibility index (Phi) is 4.08. The van der Waals surface area contributed by atoms with E-state index in [1.807, 2.05) is 20.7 Å². The lowest BCUT2D eigenvalue weighted by Crippen LogP contribution is -1.53. The van der Waals surface area contributed by atoms with Gasteiger partial charge in [0.05, 0.1) is 0 Å². The van der Waals surface area contributed by atoms with Crippen molar-refractivity contribution in [3.63, 3.8) is 0 Å². The zero-order valence-corrected chi connectivity index (χ0v) is 4.18. The van der Waals surface area contributed by atoms with Crippen LogP contribution in [0.2, 0.25) is 0 Å². The average molecular weight is 80.9 g/mol. The van der Waals surface area contributed by atoms with Crippen molar-refractivity contribution in [2.45, 2.75) is 6.92 Å². The van der Waals surface area contributed by atoms with E-state index in [0.717, 1.165) is 0 Å². The molecule has 0 aromatic heterocycles. The summed E-state index contributed by atoms with van der Waals surface area (Å²) >= 11 is 0. The normalized spacial score (nSPS) is 11.5. The third-order valence-electron chi connectivity index (χ3n) is 0.384. The third kappa shape index (κ3) is 3.47. The molecule has 0 bridgehead atoms. The van der Waals surface area contributed by atoms with Gasteiger partial charge in [0.15, 0.2) is 0 Å². The van der Waals surface area contributed by atoms with Crippen LogP contribution < -0.4 is 0 Å². The molecule has 0 aliphatic carbocycles. The summed E-state index contributed by atoms with van der Waals surface area (Å²) in [5.41, 5.74) is 0. The Morgan fingerprint density at radius 2 is 2.33 bits per heavy atom. The van der Waals surface area contributed by atoms with E-state index in [0.29, 0.717) is 0 Å². The SMILES string of the molecule is B/C=C\N=C/C. The van der Waals surface area contributed by atoms with Crippen molar-refractivity contribution in [1.82, 2.24) is 0 Å². The van der Waals surface area contributed by atoms with Gasteiger partial charge in [-0.1, -0.05) is 0 Å². The highest BCUT2D eigenvalue weighted by Crippen LogP contribution is 1.63. The summed E-state index contributed by atoms with van der Waals surface area (Å²) in [5, 5.41) is 0. The second-order valence-electron chi connectivity index (χ2n) is 0.890. The molecule has 32 valence electrons. The Balaban J connectivity index is 3.07. The molecule has 2 heteroatoms. The van der Waals surface area contributed by atoms with Crippen molar-refractivity contribution in [2.24, 2.45) is 4.99 Å². The van der Waals surface area contributed by atoms with Gasteiger partial charge in [-0.15, -0.1) is 5.98 Å². The molecule has 0 aliphatic heterocycles. The number of nitrogens with zero attached hydrogens (tertiary/aromatic N) is 1. The molecule has 0 rings (SSSR count). The zero-order chi connectivity index (χ0) is 4.83. The van der Waals surface area contributed by atoms with Gasteiger partial charge in [-0.3, -0.25) is 4.99 Å². The van der Waals surface area contributed by atoms with E-state index < -0.39 is 0 Å². The summed E-state index contributed by atoms with van der Waals surface area (Å²) in [7, 11) is 1.94. The van der Waals surface area contributed by atoms with Crippen LogP contribution in [0, 0.1) is 0 Å². The van der Waals surface area contributed by atoms with E-state index in [1.54, 1.807) is 12.4 Å². The molecule has 0 radical (unpaired) electrons. The number of rotatable bonds is 1. The van der Waals surface area contributed by atoms with Gasteiger partial charge in [0.2, 0.25) is 0 Å². The largest absolute Gasteiger partial charge is 0.271 e. The molecule has 0 unspecified atom stereocenters. The van der Waals surface area contributed by atoms with Crippen molar-refractivity contribution >= 4 is 14.1 Å². The Hall–Kier alpha value is -0.525. The van der Waals surface area contributed by atoms with Crippen LogP contribution in [0.25, 0.3) is 0 Å². The lowest BCUT2D eigenvalue weighted by atomic mass is 10.2. The molecule has 0 aromatic rings. The first-order chi connectivity index (χ1) is 2.91. The molecule has 0 heterocycles. The lowest BCUT2D eigenvalue weighted by Gasteiger charge is -1.64. The van der Waals surface area contributed by atoms with Crippen molar-refractivity contribution in [2.75, 3.05) is 0 Å². The van der Waals surface area contributed by atoms with Gasteiger partial charge in [-0.05, 0) is 6.92 Å². The first-order valence-electron chi connectivity index (χ1n) is 2.00. The molecule has 0 spiro atoms.